The lowest BCUT2D eigenvalue weighted by Gasteiger charge is -2.32. The van der Waals surface area contributed by atoms with Crippen LogP contribution in [0.5, 0.6) is 0 Å². The number of carbonyl (C=O) groups excluding carboxylic acids is 1. The number of urea groups is 1. The van der Waals surface area contributed by atoms with Gasteiger partial charge in [-0.1, -0.05) is 46.9 Å². The zero-order valence-electron chi connectivity index (χ0n) is 11.9. The Labute approximate surface area is 143 Å². The van der Waals surface area contributed by atoms with Gasteiger partial charge in [-0.05, 0) is 24.1 Å². The lowest BCUT2D eigenvalue weighted by atomic mass is 10.1. The molecule has 2 amide bonds. The van der Waals surface area contributed by atoms with Gasteiger partial charge >= 0.3 is 6.03 Å². The van der Waals surface area contributed by atoms with Crippen LogP contribution in [0.3, 0.4) is 0 Å². The number of nitrogens with one attached hydrogen (secondary N) is 1. The minimum Gasteiger partial charge on any atom is -0.378 e. The zero-order chi connectivity index (χ0) is 16.3. The van der Waals surface area contributed by atoms with Crippen molar-refractivity contribution in [2.45, 2.75) is 16.8 Å². The molecule has 1 heterocycles. The van der Waals surface area contributed by atoms with E-state index in [0.29, 0.717) is 37.4 Å². The lowest BCUT2D eigenvalue weighted by molar-refractivity contribution is 0.0525. The fraction of sp³-hybridized carbons (Fsp3) is 0.500. The maximum Gasteiger partial charge on any atom is 0.318 e. The van der Waals surface area contributed by atoms with Crippen molar-refractivity contribution >= 4 is 40.8 Å². The highest BCUT2D eigenvalue weighted by Gasteiger charge is 2.36. The third kappa shape index (κ3) is 4.38. The van der Waals surface area contributed by atoms with Gasteiger partial charge in [-0.25, -0.2) is 9.18 Å². The third-order valence-corrected chi connectivity index (χ3v) is 4.08. The first-order chi connectivity index (χ1) is 10.3. The fourth-order valence-electron chi connectivity index (χ4n) is 2.12. The number of halogens is 4. The van der Waals surface area contributed by atoms with Crippen molar-refractivity contribution in [2.75, 3.05) is 26.3 Å². The predicted octanol–water partition coefficient (Wildman–Crippen LogP) is 3.59. The molecule has 0 bridgehead atoms. The first-order valence-corrected chi connectivity index (χ1v) is 7.88. The minimum atomic E-state index is -1.80. The molecular formula is C14H16Cl3FN2O2. The van der Waals surface area contributed by atoms with Crippen LogP contribution in [0.25, 0.3) is 0 Å². The number of alkyl halides is 3. The van der Waals surface area contributed by atoms with Gasteiger partial charge in [0.15, 0.2) is 0 Å². The minimum absolute atomic E-state index is 0.374. The molecule has 1 aliphatic heterocycles. The second-order valence-corrected chi connectivity index (χ2v) is 7.40. The van der Waals surface area contributed by atoms with Crippen LogP contribution in [0.1, 0.15) is 17.2 Å². The number of hydrogen-bond acceptors (Lipinski definition) is 2. The topological polar surface area (TPSA) is 41.6 Å². The smallest absolute Gasteiger partial charge is 0.318 e. The number of hydrogen-bond donors (Lipinski definition) is 1. The number of carbonyl (C=O) groups is 1. The molecule has 0 spiro atoms. The van der Waals surface area contributed by atoms with Crippen LogP contribution in [0.4, 0.5) is 9.18 Å². The summed E-state index contributed by atoms with van der Waals surface area (Å²) in [7, 11) is 0. The molecule has 22 heavy (non-hydrogen) atoms. The van der Waals surface area contributed by atoms with Crippen LogP contribution < -0.4 is 5.32 Å². The largest absolute Gasteiger partial charge is 0.378 e. The molecule has 1 aliphatic rings. The summed E-state index contributed by atoms with van der Waals surface area (Å²) in [6.45, 7) is 3.48. The Kier molecular flexibility index (Phi) is 5.77. The summed E-state index contributed by atoms with van der Waals surface area (Å²) in [5, 5.41) is 2.66. The average Bonchev–Trinajstić information content (AvgIpc) is 2.47. The number of nitrogens with zero attached hydrogens (tertiary/aromatic N) is 1. The molecule has 0 aliphatic carbocycles. The standard InChI is InChI=1S/C14H16Cl3FN2O2/c1-9-2-3-10(8-11(9)18)12(14(15,16)17)19-13(21)20-4-6-22-7-5-20/h2-3,8,12H,4-7H2,1H3,(H,19,21)/t12-/m0/s1. The first kappa shape index (κ1) is 17.6. The predicted molar refractivity (Wildman–Crippen MR) is 85.1 cm³/mol. The number of rotatable bonds is 2. The van der Waals surface area contributed by atoms with Gasteiger partial charge in [-0.2, -0.15) is 0 Å². The number of benzene rings is 1. The summed E-state index contributed by atoms with van der Waals surface area (Å²) in [6.07, 6.45) is 0. The Morgan fingerprint density at radius 3 is 2.55 bits per heavy atom. The maximum atomic E-state index is 13.8. The molecule has 0 unspecified atom stereocenters. The highest BCUT2D eigenvalue weighted by molar-refractivity contribution is 6.68. The highest BCUT2D eigenvalue weighted by Crippen LogP contribution is 2.40. The van der Waals surface area contributed by atoms with Crippen LogP contribution in [0, 0.1) is 12.7 Å². The zero-order valence-corrected chi connectivity index (χ0v) is 14.2. The molecule has 122 valence electrons. The van der Waals surface area contributed by atoms with Crippen LogP contribution >= 0.6 is 34.8 Å². The van der Waals surface area contributed by atoms with Gasteiger partial charge in [0, 0.05) is 13.1 Å². The summed E-state index contributed by atoms with van der Waals surface area (Å²) in [5.41, 5.74) is 0.871. The molecule has 4 nitrogen and oxygen atoms in total. The maximum absolute atomic E-state index is 13.8. The fourth-order valence-corrected chi connectivity index (χ4v) is 2.67. The molecule has 1 saturated heterocycles. The third-order valence-electron chi connectivity index (χ3n) is 3.42. The van der Waals surface area contributed by atoms with Crippen molar-refractivity contribution in [3.63, 3.8) is 0 Å². The second kappa shape index (κ2) is 7.21. The first-order valence-electron chi connectivity index (χ1n) is 6.75. The molecule has 8 heteroatoms. The van der Waals surface area contributed by atoms with E-state index in [1.54, 1.807) is 24.0 Å². The van der Waals surface area contributed by atoms with Crippen LogP contribution in [-0.2, 0) is 4.74 Å². The second-order valence-electron chi connectivity index (χ2n) is 5.03. The number of aryl methyl sites for hydroxylation is 1. The van der Waals surface area contributed by atoms with E-state index in [0.717, 1.165) is 0 Å². The molecule has 1 atom stereocenters. The van der Waals surface area contributed by atoms with E-state index in [2.05, 4.69) is 5.32 Å². The van der Waals surface area contributed by atoms with E-state index in [1.165, 1.54) is 6.07 Å². The summed E-state index contributed by atoms with van der Waals surface area (Å²) < 4.78 is 17.1. The van der Waals surface area contributed by atoms with Crippen LogP contribution in [0.2, 0.25) is 0 Å². The SMILES string of the molecule is Cc1ccc([C@H](NC(=O)N2CCOCC2)C(Cl)(Cl)Cl)cc1F. The lowest BCUT2D eigenvalue weighted by Crippen LogP contribution is -2.49. The van der Waals surface area contributed by atoms with Gasteiger partial charge in [-0.15, -0.1) is 0 Å². The Balaban J connectivity index is 2.19. The Morgan fingerprint density at radius 1 is 1.36 bits per heavy atom. The summed E-state index contributed by atoms with van der Waals surface area (Å²) in [4.78, 5) is 13.8. The molecule has 0 saturated carbocycles. The van der Waals surface area contributed by atoms with E-state index in [9.17, 15) is 9.18 Å². The molecule has 0 aromatic heterocycles. The normalized spacial score (nSPS) is 17.2. The van der Waals surface area contributed by atoms with Gasteiger partial charge < -0.3 is 15.0 Å². The Morgan fingerprint density at radius 2 is 2.00 bits per heavy atom. The van der Waals surface area contributed by atoms with E-state index in [-0.39, 0.29) is 6.03 Å². The van der Waals surface area contributed by atoms with E-state index in [1.807, 2.05) is 0 Å². The molecule has 1 aromatic rings. The molecular weight excluding hydrogens is 354 g/mol. The number of ether oxygens (including phenoxy) is 1. The molecule has 1 fully saturated rings. The van der Waals surface area contributed by atoms with Gasteiger partial charge in [0.1, 0.15) is 11.9 Å². The van der Waals surface area contributed by atoms with Gasteiger partial charge in [-0.3, -0.25) is 0 Å². The van der Waals surface area contributed by atoms with Gasteiger partial charge in [0.2, 0.25) is 3.79 Å². The average molecular weight is 370 g/mol. The Bertz CT molecular complexity index is 545. The van der Waals surface area contributed by atoms with E-state index in [4.69, 9.17) is 39.5 Å². The van der Waals surface area contributed by atoms with Crippen LogP contribution in [-0.4, -0.2) is 41.0 Å². The summed E-state index contributed by atoms with van der Waals surface area (Å²) in [6, 6.07) is 3.14. The number of morpholine rings is 1. The van der Waals surface area contributed by atoms with E-state index >= 15 is 0 Å². The quantitative estimate of drug-likeness (QED) is 0.810. The highest BCUT2D eigenvalue weighted by atomic mass is 35.6. The summed E-state index contributed by atoms with van der Waals surface area (Å²) >= 11 is 17.9. The van der Waals surface area contributed by atoms with Gasteiger partial charge in [0.05, 0.1) is 13.2 Å². The molecule has 0 radical (unpaired) electrons. The monoisotopic (exact) mass is 368 g/mol. The number of amides is 2. The van der Waals surface area contributed by atoms with Crippen molar-refractivity contribution in [3.05, 3.63) is 35.1 Å². The molecule has 2 rings (SSSR count). The Hall–Kier alpha value is -0.750. The van der Waals surface area contributed by atoms with Crippen molar-refractivity contribution in [1.82, 2.24) is 10.2 Å². The summed E-state index contributed by atoms with van der Waals surface area (Å²) in [5.74, 6) is -0.419. The van der Waals surface area contributed by atoms with Crippen LogP contribution in [0.15, 0.2) is 18.2 Å². The van der Waals surface area contributed by atoms with Crippen molar-refractivity contribution in [2.24, 2.45) is 0 Å². The molecule has 1 N–H and O–H groups in total. The molecule has 1 aromatic carbocycles. The van der Waals surface area contributed by atoms with Gasteiger partial charge in [0.25, 0.3) is 0 Å². The van der Waals surface area contributed by atoms with Crippen molar-refractivity contribution < 1.29 is 13.9 Å². The van der Waals surface area contributed by atoms with E-state index < -0.39 is 15.7 Å². The van der Waals surface area contributed by atoms with Crippen molar-refractivity contribution in [3.8, 4) is 0 Å². The van der Waals surface area contributed by atoms with Crippen molar-refractivity contribution in [1.29, 1.82) is 0 Å².